The molecule has 1 aromatic carbocycles. The van der Waals surface area contributed by atoms with Gasteiger partial charge in [-0.05, 0) is 24.1 Å². The summed E-state index contributed by atoms with van der Waals surface area (Å²) >= 11 is 0. The maximum Gasteiger partial charge on any atom is 0.185 e. The lowest BCUT2D eigenvalue weighted by Crippen LogP contribution is -2.13. The van der Waals surface area contributed by atoms with Gasteiger partial charge in [0.25, 0.3) is 0 Å². The van der Waals surface area contributed by atoms with Crippen molar-refractivity contribution in [2.75, 3.05) is 0 Å². The fourth-order valence-electron chi connectivity index (χ4n) is 1.89. The zero-order valence-electron chi connectivity index (χ0n) is 10.6. The number of ketones is 1. The van der Waals surface area contributed by atoms with Crippen molar-refractivity contribution in [2.45, 2.75) is 26.3 Å². The van der Waals surface area contributed by atoms with Crippen LogP contribution in [-0.4, -0.2) is 15.6 Å². The molecule has 0 bridgehead atoms. The van der Waals surface area contributed by atoms with Gasteiger partial charge in [-0.25, -0.2) is 8.78 Å². The molecule has 2 aromatic rings. The summed E-state index contributed by atoms with van der Waals surface area (Å²) in [5.41, 5.74) is 0.640. The van der Waals surface area contributed by atoms with Crippen LogP contribution in [0.15, 0.2) is 30.5 Å². The van der Waals surface area contributed by atoms with Crippen LogP contribution in [0.4, 0.5) is 8.78 Å². The fraction of sp³-hybridized carbons (Fsp3) is 0.286. The second-order valence-corrected chi connectivity index (χ2v) is 4.28. The maximum atomic E-state index is 13.5. The van der Waals surface area contributed by atoms with Gasteiger partial charge in [-0.3, -0.25) is 9.48 Å². The monoisotopic (exact) mass is 264 g/mol. The highest BCUT2D eigenvalue weighted by Crippen LogP contribution is 2.13. The third kappa shape index (κ3) is 3.05. The summed E-state index contributed by atoms with van der Waals surface area (Å²) in [6.07, 6.45) is 2.30. The molecule has 0 N–H and O–H groups in total. The van der Waals surface area contributed by atoms with E-state index < -0.39 is 11.6 Å². The number of halogens is 2. The first-order valence-corrected chi connectivity index (χ1v) is 6.10. The Kier molecular flexibility index (Phi) is 4.04. The second-order valence-electron chi connectivity index (χ2n) is 4.28. The van der Waals surface area contributed by atoms with Crippen molar-refractivity contribution < 1.29 is 13.6 Å². The molecular weight excluding hydrogens is 250 g/mol. The molecule has 0 aliphatic carbocycles. The van der Waals surface area contributed by atoms with Crippen molar-refractivity contribution in [1.29, 1.82) is 0 Å². The van der Waals surface area contributed by atoms with Crippen LogP contribution in [0.3, 0.4) is 0 Å². The van der Waals surface area contributed by atoms with Gasteiger partial charge in [0, 0.05) is 25.2 Å². The zero-order valence-corrected chi connectivity index (χ0v) is 10.6. The van der Waals surface area contributed by atoms with Crippen LogP contribution in [0.25, 0.3) is 0 Å². The van der Waals surface area contributed by atoms with Crippen molar-refractivity contribution in [3.8, 4) is 0 Å². The summed E-state index contributed by atoms with van der Waals surface area (Å²) in [6.45, 7) is 2.62. The highest BCUT2D eigenvalue weighted by atomic mass is 19.1. The Labute approximate surface area is 109 Å². The van der Waals surface area contributed by atoms with Crippen LogP contribution < -0.4 is 0 Å². The molecule has 2 rings (SSSR count). The van der Waals surface area contributed by atoms with E-state index in [1.54, 1.807) is 16.9 Å². The topological polar surface area (TPSA) is 34.9 Å². The number of nitrogens with zero attached hydrogens (tertiary/aromatic N) is 2. The predicted molar refractivity (Wildman–Crippen MR) is 66.9 cm³/mol. The average Bonchev–Trinajstić information content (AvgIpc) is 2.81. The van der Waals surface area contributed by atoms with Crippen molar-refractivity contribution >= 4 is 5.78 Å². The van der Waals surface area contributed by atoms with Gasteiger partial charge in [0.1, 0.15) is 17.3 Å². The molecular formula is C14H14F2N2O. The second kappa shape index (κ2) is 5.73. The first-order valence-electron chi connectivity index (χ1n) is 6.10. The molecule has 0 aliphatic heterocycles. The van der Waals surface area contributed by atoms with Gasteiger partial charge >= 0.3 is 0 Å². The van der Waals surface area contributed by atoms with Gasteiger partial charge in [-0.1, -0.05) is 13.0 Å². The Morgan fingerprint density at radius 2 is 2.11 bits per heavy atom. The van der Waals surface area contributed by atoms with Gasteiger partial charge in [-0.15, -0.1) is 0 Å². The van der Waals surface area contributed by atoms with E-state index in [0.717, 1.165) is 18.6 Å². The quantitative estimate of drug-likeness (QED) is 0.778. The number of benzene rings is 1. The van der Waals surface area contributed by atoms with Crippen molar-refractivity contribution in [3.05, 3.63) is 53.4 Å². The summed E-state index contributed by atoms with van der Waals surface area (Å²) in [7, 11) is 0. The van der Waals surface area contributed by atoms with E-state index in [1.165, 1.54) is 6.07 Å². The Morgan fingerprint density at radius 1 is 1.32 bits per heavy atom. The van der Waals surface area contributed by atoms with Gasteiger partial charge in [0.2, 0.25) is 0 Å². The zero-order chi connectivity index (χ0) is 13.8. The van der Waals surface area contributed by atoms with Gasteiger partial charge in [-0.2, -0.15) is 5.10 Å². The molecule has 0 amide bonds. The normalized spacial score (nSPS) is 10.7. The minimum absolute atomic E-state index is 0.0957. The molecule has 0 radical (unpaired) electrons. The fourth-order valence-corrected chi connectivity index (χ4v) is 1.89. The first kappa shape index (κ1) is 13.4. The Bertz CT molecular complexity index is 593. The summed E-state index contributed by atoms with van der Waals surface area (Å²) in [4.78, 5) is 12.1. The summed E-state index contributed by atoms with van der Waals surface area (Å²) in [5, 5.41) is 4.05. The number of hydrogen-bond acceptors (Lipinski definition) is 2. The van der Waals surface area contributed by atoms with Crippen LogP contribution in [0, 0.1) is 11.6 Å². The number of hydrogen-bond donors (Lipinski definition) is 0. The minimum atomic E-state index is -0.699. The van der Waals surface area contributed by atoms with E-state index in [2.05, 4.69) is 5.10 Å². The Balaban J connectivity index is 2.18. The molecule has 0 unspecified atom stereocenters. The molecule has 0 aliphatic rings. The lowest BCUT2D eigenvalue weighted by Gasteiger charge is -2.06. The molecule has 0 saturated heterocycles. The molecule has 0 spiro atoms. The largest absolute Gasteiger partial charge is 0.292 e. The maximum absolute atomic E-state index is 13.5. The average molecular weight is 264 g/mol. The lowest BCUT2D eigenvalue weighted by molar-refractivity contribution is 0.0981. The molecule has 1 heterocycles. The predicted octanol–water partition coefficient (Wildman–Crippen LogP) is 3.00. The Hall–Kier alpha value is -2.04. The Morgan fingerprint density at radius 3 is 2.79 bits per heavy atom. The number of carbonyl (C=O) groups excluding carboxylic acids is 1. The lowest BCUT2D eigenvalue weighted by atomic mass is 10.1. The van der Waals surface area contributed by atoms with Crippen molar-refractivity contribution in [1.82, 2.24) is 9.78 Å². The van der Waals surface area contributed by atoms with Crippen molar-refractivity contribution in [2.24, 2.45) is 0 Å². The van der Waals surface area contributed by atoms with E-state index >= 15 is 0 Å². The molecule has 19 heavy (non-hydrogen) atoms. The van der Waals surface area contributed by atoms with E-state index in [0.29, 0.717) is 12.2 Å². The number of aromatic nitrogens is 2. The van der Waals surface area contributed by atoms with Gasteiger partial charge in [0.15, 0.2) is 5.78 Å². The molecule has 0 fully saturated rings. The van der Waals surface area contributed by atoms with E-state index in [-0.39, 0.29) is 17.8 Å². The summed E-state index contributed by atoms with van der Waals surface area (Å²) < 4.78 is 27.9. The van der Waals surface area contributed by atoms with E-state index in [9.17, 15) is 13.6 Å². The molecule has 0 saturated carbocycles. The first-order chi connectivity index (χ1) is 9.11. The molecule has 0 atom stereocenters. The highest BCUT2D eigenvalue weighted by Gasteiger charge is 2.14. The van der Waals surface area contributed by atoms with E-state index in [4.69, 9.17) is 0 Å². The number of aryl methyl sites for hydroxylation is 1. The third-order valence-corrected chi connectivity index (χ3v) is 2.80. The third-order valence-electron chi connectivity index (χ3n) is 2.80. The number of rotatable bonds is 5. The van der Waals surface area contributed by atoms with Crippen LogP contribution >= 0.6 is 0 Å². The van der Waals surface area contributed by atoms with Crippen LogP contribution in [0.5, 0.6) is 0 Å². The number of carbonyl (C=O) groups is 1. The SMILES string of the molecule is CCCn1nccc1C(=O)Cc1ccc(F)cc1F. The van der Waals surface area contributed by atoms with Crippen LogP contribution in [0.2, 0.25) is 0 Å². The van der Waals surface area contributed by atoms with Gasteiger partial charge < -0.3 is 0 Å². The van der Waals surface area contributed by atoms with Crippen molar-refractivity contribution in [3.63, 3.8) is 0 Å². The molecule has 5 heteroatoms. The smallest absolute Gasteiger partial charge is 0.185 e. The van der Waals surface area contributed by atoms with Gasteiger partial charge in [0.05, 0.1) is 0 Å². The highest BCUT2D eigenvalue weighted by molar-refractivity contribution is 5.95. The summed E-state index contributed by atoms with van der Waals surface area (Å²) in [6, 6.07) is 4.84. The minimum Gasteiger partial charge on any atom is -0.292 e. The molecule has 100 valence electrons. The number of Topliss-reactive ketones (excluding diaryl/α,β-unsaturated/α-hetero) is 1. The van der Waals surface area contributed by atoms with E-state index in [1.807, 2.05) is 6.92 Å². The standard InChI is InChI=1S/C14H14F2N2O/c1-2-7-18-13(5-6-17-18)14(19)8-10-3-4-11(15)9-12(10)16/h3-6,9H,2,7-8H2,1H3. The van der Waals surface area contributed by atoms with Crippen LogP contribution in [-0.2, 0) is 13.0 Å². The molecule has 1 aromatic heterocycles. The summed E-state index contributed by atoms with van der Waals surface area (Å²) in [5.74, 6) is -1.57. The molecule has 3 nitrogen and oxygen atoms in total. The van der Waals surface area contributed by atoms with Crippen LogP contribution in [0.1, 0.15) is 29.4 Å².